The Bertz CT molecular complexity index is 632. The summed E-state index contributed by atoms with van der Waals surface area (Å²) >= 11 is 1.42. The Hall–Kier alpha value is -1.81. The third kappa shape index (κ3) is 3.58. The molecule has 1 heterocycles. The van der Waals surface area contributed by atoms with Gasteiger partial charge in [0.15, 0.2) is 5.16 Å². The van der Waals surface area contributed by atoms with Gasteiger partial charge in [-0.25, -0.2) is 4.98 Å². The quantitative estimate of drug-likeness (QED) is 0.685. The summed E-state index contributed by atoms with van der Waals surface area (Å²) in [6.45, 7) is 3.83. The second-order valence-electron chi connectivity index (χ2n) is 4.12. The summed E-state index contributed by atoms with van der Waals surface area (Å²) in [6, 6.07) is 10.0. The highest BCUT2D eigenvalue weighted by molar-refractivity contribution is 8.02. The number of benzene rings is 1. The zero-order valence-corrected chi connectivity index (χ0v) is 11.8. The second-order valence-corrected chi connectivity index (χ2v) is 5.01. The molecule has 0 saturated carbocycles. The average molecular weight is 272 g/mol. The number of aromatic nitrogens is 2. The Morgan fingerprint density at radius 1 is 1.32 bits per heavy atom. The van der Waals surface area contributed by atoms with Crippen LogP contribution in [0, 0.1) is 6.92 Å². The Kier molecular flexibility index (Phi) is 4.58. The Morgan fingerprint density at radius 2 is 2.05 bits per heavy atom. The molecule has 0 unspecified atom stereocenters. The summed E-state index contributed by atoms with van der Waals surface area (Å²) in [4.78, 5) is 19.0. The largest absolute Gasteiger partial charge is 0.301 e. The monoisotopic (exact) mass is 272 g/mol. The topological polar surface area (TPSA) is 45.8 Å². The maximum atomic E-state index is 11.8. The molecule has 0 saturated heterocycles. The van der Waals surface area contributed by atoms with Crippen LogP contribution in [0.2, 0.25) is 0 Å². The van der Waals surface area contributed by atoms with Crippen LogP contribution in [-0.4, -0.2) is 9.97 Å². The van der Waals surface area contributed by atoms with Gasteiger partial charge in [-0.1, -0.05) is 49.0 Å². The van der Waals surface area contributed by atoms with Crippen molar-refractivity contribution in [2.45, 2.75) is 25.4 Å². The Balaban J connectivity index is 2.13. The molecule has 19 heavy (non-hydrogen) atoms. The fourth-order valence-corrected chi connectivity index (χ4v) is 2.49. The smallest absolute Gasteiger partial charge is 0.254 e. The van der Waals surface area contributed by atoms with Crippen molar-refractivity contribution in [3.63, 3.8) is 0 Å². The highest BCUT2D eigenvalue weighted by Crippen LogP contribution is 2.16. The molecule has 0 radical (unpaired) electrons. The van der Waals surface area contributed by atoms with E-state index in [4.69, 9.17) is 0 Å². The lowest BCUT2D eigenvalue weighted by Crippen LogP contribution is -2.16. The molecule has 0 aliphatic heterocycles. The number of hydrogen-bond donors (Lipinski definition) is 1. The van der Waals surface area contributed by atoms with Gasteiger partial charge in [0.2, 0.25) is 0 Å². The minimum Gasteiger partial charge on any atom is -0.301 e. The van der Waals surface area contributed by atoms with Crippen molar-refractivity contribution in [3.8, 4) is 0 Å². The normalized spacial score (nSPS) is 11.1. The first-order valence-electron chi connectivity index (χ1n) is 6.18. The van der Waals surface area contributed by atoms with E-state index in [0.717, 1.165) is 16.8 Å². The Labute approximate surface area is 116 Å². The van der Waals surface area contributed by atoms with Crippen molar-refractivity contribution in [2.24, 2.45) is 0 Å². The zero-order valence-electron chi connectivity index (χ0n) is 11.0. The first-order valence-corrected chi connectivity index (χ1v) is 7.06. The molecule has 2 rings (SSSR count). The van der Waals surface area contributed by atoms with Gasteiger partial charge in [0.25, 0.3) is 5.56 Å². The van der Waals surface area contributed by atoms with Crippen LogP contribution in [0.5, 0.6) is 0 Å². The molecule has 0 fully saturated rings. The van der Waals surface area contributed by atoms with E-state index in [1.54, 1.807) is 0 Å². The predicted molar refractivity (Wildman–Crippen MR) is 80.3 cm³/mol. The number of aromatic amines is 1. The first-order chi connectivity index (χ1) is 9.20. The van der Waals surface area contributed by atoms with Gasteiger partial charge in [-0.3, -0.25) is 4.79 Å². The number of H-pyrrole nitrogens is 1. The van der Waals surface area contributed by atoms with Crippen LogP contribution in [0.15, 0.2) is 45.7 Å². The van der Waals surface area contributed by atoms with Gasteiger partial charge in [0, 0.05) is 11.3 Å². The average Bonchev–Trinajstić information content (AvgIpc) is 2.40. The molecule has 3 nitrogen and oxygen atoms in total. The lowest BCUT2D eigenvalue weighted by Gasteiger charge is -2.02. The molecule has 1 N–H and O–H groups in total. The number of nitrogens with one attached hydrogen (secondary N) is 1. The lowest BCUT2D eigenvalue weighted by atomic mass is 10.2. The second kappa shape index (κ2) is 6.38. The van der Waals surface area contributed by atoms with Crippen molar-refractivity contribution >= 4 is 17.8 Å². The summed E-state index contributed by atoms with van der Waals surface area (Å²) in [5.41, 5.74) is 2.66. The van der Waals surface area contributed by atoms with E-state index in [9.17, 15) is 4.79 Å². The van der Waals surface area contributed by atoms with E-state index in [2.05, 4.69) is 9.97 Å². The van der Waals surface area contributed by atoms with Crippen molar-refractivity contribution < 1.29 is 0 Å². The van der Waals surface area contributed by atoms with Crippen molar-refractivity contribution in [1.29, 1.82) is 0 Å². The summed E-state index contributed by atoms with van der Waals surface area (Å²) < 4.78 is 0. The number of rotatable bonds is 4. The number of nitrogens with zero attached hydrogens (tertiary/aromatic N) is 1. The summed E-state index contributed by atoms with van der Waals surface area (Å²) in [6.07, 6.45) is 2.70. The molecule has 0 spiro atoms. The predicted octanol–water partition coefficient (Wildman–Crippen LogP) is 3.40. The van der Waals surface area contributed by atoms with E-state index >= 15 is 0 Å². The number of thioether (sulfide) groups is 1. The van der Waals surface area contributed by atoms with E-state index in [0.29, 0.717) is 11.6 Å². The summed E-state index contributed by atoms with van der Waals surface area (Å²) in [5, 5.41) is 2.56. The maximum absolute atomic E-state index is 11.8. The number of hydrogen-bond acceptors (Lipinski definition) is 3. The number of aryl methyl sites for hydroxylation is 1. The van der Waals surface area contributed by atoms with Gasteiger partial charge in [0.05, 0.1) is 0 Å². The molecular formula is C15H16N2OS. The van der Waals surface area contributed by atoms with Gasteiger partial charge in [0.1, 0.15) is 0 Å². The van der Waals surface area contributed by atoms with Crippen molar-refractivity contribution in [1.82, 2.24) is 9.97 Å². The van der Waals surface area contributed by atoms with E-state index in [-0.39, 0.29) is 5.56 Å². The zero-order chi connectivity index (χ0) is 13.7. The molecular weight excluding hydrogens is 256 g/mol. The third-order valence-electron chi connectivity index (χ3n) is 2.79. The highest BCUT2D eigenvalue weighted by Gasteiger charge is 2.05. The third-order valence-corrected chi connectivity index (χ3v) is 3.48. The van der Waals surface area contributed by atoms with Crippen LogP contribution in [0.4, 0.5) is 0 Å². The van der Waals surface area contributed by atoms with Crippen LogP contribution in [0.1, 0.15) is 23.7 Å². The fourth-order valence-electron chi connectivity index (χ4n) is 1.80. The van der Waals surface area contributed by atoms with Gasteiger partial charge < -0.3 is 4.98 Å². The van der Waals surface area contributed by atoms with Crippen LogP contribution < -0.4 is 5.56 Å². The van der Waals surface area contributed by atoms with Gasteiger partial charge >= 0.3 is 0 Å². The minimum atomic E-state index is -0.0365. The van der Waals surface area contributed by atoms with Crippen LogP contribution in [0.3, 0.4) is 0 Å². The van der Waals surface area contributed by atoms with E-state index in [1.165, 1.54) is 11.8 Å². The van der Waals surface area contributed by atoms with Crippen molar-refractivity contribution in [3.05, 3.63) is 62.9 Å². The minimum absolute atomic E-state index is 0.0365. The van der Waals surface area contributed by atoms with Crippen LogP contribution in [-0.2, 0) is 6.42 Å². The molecule has 1 aromatic heterocycles. The molecule has 0 amide bonds. The molecule has 2 aromatic rings. The molecule has 4 heteroatoms. The highest BCUT2D eigenvalue weighted by atomic mass is 32.2. The van der Waals surface area contributed by atoms with Gasteiger partial charge in [-0.15, -0.1) is 0 Å². The lowest BCUT2D eigenvalue weighted by molar-refractivity contribution is 0.861. The van der Waals surface area contributed by atoms with Gasteiger partial charge in [-0.2, -0.15) is 0 Å². The maximum Gasteiger partial charge on any atom is 0.254 e. The van der Waals surface area contributed by atoms with Gasteiger partial charge in [-0.05, 0) is 30.4 Å². The molecule has 0 aliphatic carbocycles. The van der Waals surface area contributed by atoms with Crippen molar-refractivity contribution in [2.75, 3.05) is 0 Å². The molecule has 0 atom stereocenters. The van der Waals surface area contributed by atoms with Crippen LogP contribution in [0.25, 0.3) is 6.08 Å². The standard InChI is InChI=1S/C15H16N2OS/c1-3-13-11(2)16-15(17-14(13)18)19-10-9-12-7-5-4-6-8-12/h4-10H,3H2,1-2H3,(H,16,17,18)/b10-9+. The fraction of sp³-hybridized carbons (Fsp3) is 0.200. The Morgan fingerprint density at radius 3 is 2.68 bits per heavy atom. The summed E-state index contributed by atoms with van der Waals surface area (Å²) in [5.74, 6) is 0. The first kappa shape index (κ1) is 13.6. The molecule has 1 aromatic carbocycles. The molecule has 0 bridgehead atoms. The summed E-state index contributed by atoms with van der Waals surface area (Å²) in [7, 11) is 0. The molecule has 98 valence electrons. The molecule has 0 aliphatic rings. The van der Waals surface area contributed by atoms with E-state index < -0.39 is 0 Å². The SMILES string of the molecule is CCc1c(C)nc(S/C=C/c2ccccc2)[nH]c1=O. The van der Waals surface area contributed by atoms with E-state index in [1.807, 2.05) is 55.7 Å². The van der Waals surface area contributed by atoms with Crippen LogP contribution >= 0.6 is 11.8 Å².